The number of hydrogen-bond donors (Lipinski definition) is 1. The number of phosphoric ester groups is 1. The van der Waals surface area contributed by atoms with Gasteiger partial charge in [-0.1, -0.05) is 90.9 Å². The van der Waals surface area contributed by atoms with Crippen LogP contribution in [0.1, 0.15) is 110 Å². The number of hydrogen-bond acceptors (Lipinski definition) is 6. The molecular weight excluding hydrogens is 479 g/mol. The molecule has 0 aromatic rings. The minimum atomic E-state index is -4.42. The lowest BCUT2D eigenvalue weighted by molar-refractivity contribution is -0.870. The Bertz CT molecular complexity index is 571. The second kappa shape index (κ2) is 22.5. The highest BCUT2D eigenvalue weighted by Gasteiger charge is 2.18. The zero-order valence-electron chi connectivity index (χ0n) is 24.1. The van der Waals surface area contributed by atoms with Crippen molar-refractivity contribution in [3.05, 3.63) is 0 Å². The van der Waals surface area contributed by atoms with Gasteiger partial charge in [0, 0.05) is 19.6 Å². The Kier molecular flexibility index (Phi) is 22.2. The molecule has 0 spiro atoms. The topological polar surface area (TPSA) is 96.9 Å². The normalized spacial score (nSPS) is 14.5. The highest BCUT2D eigenvalue weighted by atomic mass is 31.2. The van der Waals surface area contributed by atoms with Crippen LogP contribution in [0.15, 0.2) is 0 Å². The lowest BCUT2D eigenvalue weighted by Crippen LogP contribution is -2.38. The van der Waals surface area contributed by atoms with E-state index in [4.69, 9.17) is 13.8 Å². The molecule has 0 aromatic heterocycles. The van der Waals surface area contributed by atoms with Crippen LogP contribution in [0, 0.1) is 0 Å². The SMILES string of the molecule is CCCCCCCCCCCCCC(=O)NCC(COP(=O)([O-])OCC[N+](C)(C)C)OCCCCC. The summed E-state index contributed by atoms with van der Waals surface area (Å²) in [7, 11) is 1.45. The number of nitrogens with zero attached hydrogens (tertiary/aromatic N) is 1. The standard InChI is InChI=1S/C27H57N2O6P/c1-6-8-10-11-12-13-14-15-16-17-18-20-27(30)28-24-26(33-22-19-9-7-2)25-35-36(31,32)34-23-21-29(3,4)5/h26H,6-25H2,1-5H3,(H-,28,30,31,32). The number of phosphoric acid groups is 1. The van der Waals surface area contributed by atoms with E-state index in [2.05, 4.69) is 19.2 Å². The fraction of sp³-hybridized carbons (Fsp3) is 0.963. The number of unbranched alkanes of at least 4 members (excludes halogenated alkanes) is 12. The summed E-state index contributed by atoms with van der Waals surface area (Å²) < 4.78 is 28.5. The van der Waals surface area contributed by atoms with Gasteiger partial charge in [-0.2, -0.15) is 0 Å². The second-order valence-corrected chi connectivity index (χ2v) is 12.3. The molecule has 8 nitrogen and oxygen atoms in total. The summed E-state index contributed by atoms with van der Waals surface area (Å²) >= 11 is 0. The minimum Gasteiger partial charge on any atom is -0.756 e. The van der Waals surface area contributed by atoms with E-state index in [9.17, 15) is 14.3 Å². The quantitative estimate of drug-likeness (QED) is 0.0880. The van der Waals surface area contributed by atoms with Crippen molar-refractivity contribution in [3.8, 4) is 0 Å². The first-order valence-corrected chi connectivity index (χ1v) is 15.8. The molecule has 0 radical (unpaired) electrons. The summed E-state index contributed by atoms with van der Waals surface area (Å²) in [6.45, 7) is 5.51. The Labute approximate surface area is 222 Å². The number of quaternary nitrogens is 1. The molecule has 0 fully saturated rings. The zero-order chi connectivity index (χ0) is 27.1. The average molecular weight is 537 g/mol. The van der Waals surface area contributed by atoms with Crippen LogP contribution >= 0.6 is 7.82 Å². The molecule has 0 bridgehead atoms. The summed E-state index contributed by atoms with van der Waals surface area (Å²) in [6.07, 6.45) is 16.6. The van der Waals surface area contributed by atoms with Crippen molar-refractivity contribution in [1.29, 1.82) is 0 Å². The maximum absolute atomic E-state index is 12.3. The van der Waals surface area contributed by atoms with Crippen LogP contribution < -0.4 is 10.2 Å². The van der Waals surface area contributed by atoms with Gasteiger partial charge in [0.05, 0.1) is 33.9 Å². The molecule has 216 valence electrons. The van der Waals surface area contributed by atoms with Crippen molar-refractivity contribution in [3.63, 3.8) is 0 Å². The van der Waals surface area contributed by atoms with Crippen molar-refractivity contribution >= 4 is 13.7 Å². The Hall–Kier alpha value is -0.500. The molecule has 0 aliphatic heterocycles. The minimum absolute atomic E-state index is 0.0300. The highest BCUT2D eigenvalue weighted by Crippen LogP contribution is 2.38. The van der Waals surface area contributed by atoms with Crippen molar-refractivity contribution < 1.29 is 32.5 Å². The van der Waals surface area contributed by atoms with Crippen molar-refractivity contribution in [2.75, 3.05) is 54.1 Å². The first-order chi connectivity index (χ1) is 17.1. The molecule has 0 aliphatic carbocycles. The third-order valence-electron chi connectivity index (χ3n) is 6.07. The number of nitrogens with one attached hydrogen (secondary N) is 1. The Morgan fingerprint density at radius 2 is 1.33 bits per heavy atom. The van der Waals surface area contributed by atoms with Crippen LogP contribution in [0.4, 0.5) is 0 Å². The van der Waals surface area contributed by atoms with E-state index < -0.39 is 13.9 Å². The summed E-state index contributed by atoms with van der Waals surface area (Å²) in [6, 6.07) is 0. The van der Waals surface area contributed by atoms with Crippen LogP contribution in [0.2, 0.25) is 0 Å². The molecule has 1 N–H and O–H groups in total. The van der Waals surface area contributed by atoms with Gasteiger partial charge in [-0.15, -0.1) is 0 Å². The Balaban J connectivity index is 4.15. The fourth-order valence-corrected chi connectivity index (χ4v) is 4.40. The van der Waals surface area contributed by atoms with Crippen LogP contribution in [-0.4, -0.2) is 70.5 Å². The second-order valence-electron chi connectivity index (χ2n) is 10.9. The van der Waals surface area contributed by atoms with Gasteiger partial charge in [0.1, 0.15) is 13.2 Å². The van der Waals surface area contributed by atoms with Crippen LogP contribution in [0.25, 0.3) is 0 Å². The van der Waals surface area contributed by atoms with Gasteiger partial charge in [0.25, 0.3) is 7.82 Å². The largest absolute Gasteiger partial charge is 0.756 e. The van der Waals surface area contributed by atoms with Crippen LogP contribution in [-0.2, 0) is 23.1 Å². The van der Waals surface area contributed by atoms with Gasteiger partial charge >= 0.3 is 0 Å². The molecule has 0 saturated carbocycles. The molecule has 2 atom stereocenters. The van der Waals surface area contributed by atoms with Crippen molar-refractivity contribution in [2.45, 2.75) is 116 Å². The molecule has 0 aromatic carbocycles. The van der Waals surface area contributed by atoms with Gasteiger partial charge in [0.2, 0.25) is 5.91 Å². The van der Waals surface area contributed by atoms with Gasteiger partial charge in [-0.25, -0.2) is 0 Å². The lowest BCUT2D eigenvalue weighted by atomic mass is 10.1. The number of rotatable bonds is 26. The molecule has 9 heteroatoms. The Morgan fingerprint density at radius 1 is 0.806 bits per heavy atom. The Morgan fingerprint density at radius 3 is 1.89 bits per heavy atom. The first-order valence-electron chi connectivity index (χ1n) is 14.4. The van der Waals surface area contributed by atoms with Gasteiger partial charge in [0.15, 0.2) is 0 Å². The first kappa shape index (κ1) is 35.5. The van der Waals surface area contributed by atoms with E-state index in [1.165, 1.54) is 57.8 Å². The van der Waals surface area contributed by atoms with Crippen LogP contribution in [0.3, 0.4) is 0 Å². The van der Waals surface area contributed by atoms with E-state index in [0.29, 0.717) is 24.1 Å². The molecule has 0 heterocycles. The molecule has 0 saturated heterocycles. The summed E-state index contributed by atoms with van der Waals surface area (Å²) in [4.78, 5) is 24.4. The maximum Gasteiger partial charge on any atom is 0.268 e. The number of likely N-dealkylation sites (N-methyl/N-ethyl adjacent to an activating group) is 1. The van der Waals surface area contributed by atoms with E-state index >= 15 is 0 Å². The number of carbonyl (C=O) groups excluding carboxylic acids is 1. The number of carbonyl (C=O) groups is 1. The summed E-state index contributed by atoms with van der Waals surface area (Å²) in [5, 5.41) is 2.88. The lowest BCUT2D eigenvalue weighted by Gasteiger charge is -2.28. The van der Waals surface area contributed by atoms with E-state index in [0.717, 1.165) is 32.1 Å². The van der Waals surface area contributed by atoms with E-state index in [-0.39, 0.29) is 25.7 Å². The van der Waals surface area contributed by atoms with Crippen LogP contribution in [0.5, 0.6) is 0 Å². The molecular formula is C27H57N2O6P. The van der Waals surface area contributed by atoms with Gasteiger partial charge < -0.3 is 28.5 Å². The monoisotopic (exact) mass is 536 g/mol. The smallest absolute Gasteiger partial charge is 0.268 e. The third-order valence-corrected chi connectivity index (χ3v) is 7.03. The van der Waals surface area contributed by atoms with Gasteiger partial charge in [-0.05, 0) is 12.8 Å². The molecule has 36 heavy (non-hydrogen) atoms. The number of amides is 1. The number of ether oxygens (including phenoxy) is 1. The highest BCUT2D eigenvalue weighted by molar-refractivity contribution is 7.45. The fourth-order valence-electron chi connectivity index (χ4n) is 3.67. The maximum atomic E-state index is 12.3. The molecule has 0 rings (SSSR count). The molecule has 0 aliphatic rings. The van der Waals surface area contributed by atoms with E-state index in [1.807, 2.05) is 21.1 Å². The van der Waals surface area contributed by atoms with E-state index in [1.54, 1.807) is 0 Å². The third kappa shape index (κ3) is 25.2. The predicted octanol–water partition coefficient (Wildman–Crippen LogP) is 5.59. The summed E-state index contributed by atoms with van der Waals surface area (Å²) in [5.41, 5.74) is 0. The zero-order valence-corrected chi connectivity index (χ0v) is 25.0. The average Bonchev–Trinajstić information content (AvgIpc) is 2.80. The molecule has 2 unspecified atom stereocenters. The summed E-state index contributed by atoms with van der Waals surface area (Å²) in [5.74, 6) is -0.0300. The van der Waals surface area contributed by atoms with Crippen molar-refractivity contribution in [1.82, 2.24) is 5.32 Å². The van der Waals surface area contributed by atoms with Crippen molar-refractivity contribution in [2.24, 2.45) is 0 Å². The molecule has 1 amide bonds. The van der Waals surface area contributed by atoms with Gasteiger partial charge in [-0.3, -0.25) is 9.36 Å². The predicted molar refractivity (Wildman–Crippen MR) is 146 cm³/mol.